The van der Waals surface area contributed by atoms with E-state index in [9.17, 15) is 19.5 Å². The molecule has 2 saturated carbocycles. The number of amides is 1. The third kappa shape index (κ3) is 5.77. The topological polar surface area (TPSA) is 128 Å². The molecular formula is C32H41N3O7. The molecule has 1 aromatic heterocycles. The maximum absolute atomic E-state index is 14.1. The number of aliphatic carboxylic acids is 1. The monoisotopic (exact) mass is 579 g/mol. The van der Waals surface area contributed by atoms with Crippen LogP contribution in [0.25, 0.3) is 11.0 Å². The molecule has 0 unspecified atom stereocenters. The predicted octanol–water partition coefficient (Wildman–Crippen LogP) is 4.71. The molecule has 3 heterocycles. The quantitative estimate of drug-likeness (QED) is 0.514. The van der Waals surface area contributed by atoms with Crippen molar-refractivity contribution in [1.82, 2.24) is 14.9 Å². The zero-order valence-corrected chi connectivity index (χ0v) is 24.5. The number of hydrogen-bond acceptors (Lipinski definition) is 8. The van der Waals surface area contributed by atoms with Gasteiger partial charge in [-0.1, -0.05) is 31.7 Å². The van der Waals surface area contributed by atoms with E-state index in [-0.39, 0.29) is 37.2 Å². The van der Waals surface area contributed by atoms with Gasteiger partial charge in [0, 0.05) is 12.3 Å². The third-order valence-electron chi connectivity index (χ3n) is 9.86. The number of aromatic nitrogens is 2. The minimum atomic E-state index is -1.08. The molecule has 3 fully saturated rings. The van der Waals surface area contributed by atoms with E-state index >= 15 is 0 Å². The van der Waals surface area contributed by atoms with Gasteiger partial charge in [-0.05, 0) is 63.5 Å². The number of carboxylic acid groups (broad SMARTS) is 1. The summed E-state index contributed by atoms with van der Waals surface area (Å²) in [4.78, 5) is 50.8. The van der Waals surface area contributed by atoms with Crippen molar-refractivity contribution in [1.29, 1.82) is 0 Å². The van der Waals surface area contributed by atoms with Crippen molar-refractivity contribution in [3.63, 3.8) is 0 Å². The molecule has 0 spiro atoms. The van der Waals surface area contributed by atoms with E-state index < -0.39 is 29.6 Å². The normalized spacial score (nSPS) is 31.0. The van der Waals surface area contributed by atoms with Gasteiger partial charge in [-0.25, -0.2) is 14.8 Å². The molecule has 1 aromatic carbocycles. The molecular weight excluding hydrogens is 538 g/mol. The van der Waals surface area contributed by atoms with Gasteiger partial charge in [-0.3, -0.25) is 9.59 Å². The minimum absolute atomic E-state index is 0.0136. The molecule has 226 valence electrons. The summed E-state index contributed by atoms with van der Waals surface area (Å²) in [6, 6.07) is 4.55. The zero-order chi connectivity index (χ0) is 29.4. The first kappa shape index (κ1) is 28.7. The molecule has 4 aliphatic rings. The van der Waals surface area contributed by atoms with E-state index in [0.29, 0.717) is 35.0 Å². The highest BCUT2D eigenvalue weighted by atomic mass is 16.6. The van der Waals surface area contributed by atoms with Crippen LogP contribution in [0.5, 0.6) is 11.6 Å². The highest BCUT2D eigenvalue weighted by Crippen LogP contribution is 2.50. The number of ether oxygens (including phenoxy) is 3. The highest BCUT2D eigenvalue weighted by molar-refractivity contribution is 5.88. The number of carbonyl (C=O) groups excluding carboxylic acids is 2. The van der Waals surface area contributed by atoms with Gasteiger partial charge in [0.1, 0.15) is 34.7 Å². The largest absolute Gasteiger partial charge is 0.494 e. The summed E-state index contributed by atoms with van der Waals surface area (Å²) in [5, 5.41) is 10.1. The smallest absolute Gasteiger partial charge is 0.326 e. The lowest BCUT2D eigenvalue weighted by molar-refractivity contribution is -0.158. The van der Waals surface area contributed by atoms with Gasteiger partial charge in [0.05, 0.1) is 31.5 Å². The lowest BCUT2D eigenvalue weighted by atomic mass is 9.86. The Hall–Kier alpha value is -3.43. The Labute approximate surface area is 246 Å². The van der Waals surface area contributed by atoms with Crippen LogP contribution in [0.2, 0.25) is 0 Å². The standard InChI is InChI=1S/C32H41N3O7/c1-32-17-20(32)11-4-3-5-12-24-29(34-28-23(33-24)13-8-14-26(28)40-2)41-21-15-25(31(38)39)35(18-21)30(37)22(16-27(36)42-32)19-9-6-7-10-19/h8,13-14,19-22,25H,3-7,9-12,15-18H2,1-2H3,(H,38,39)/t20-,21-,22+,25+,32-/m1/s1. The molecule has 1 saturated heterocycles. The van der Waals surface area contributed by atoms with Crippen LogP contribution < -0.4 is 9.47 Å². The molecule has 10 heteroatoms. The van der Waals surface area contributed by atoms with Gasteiger partial charge in [0.15, 0.2) is 0 Å². The minimum Gasteiger partial charge on any atom is -0.494 e. The second-order valence-electron chi connectivity index (χ2n) is 12.8. The highest BCUT2D eigenvalue weighted by Gasteiger charge is 2.53. The molecule has 2 bridgehead atoms. The van der Waals surface area contributed by atoms with Crippen LogP contribution in [0.4, 0.5) is 0 Å². The van der Waals surface area contributed by atoms with Crippen LogP contribution >= 0.6 is 0 Å². The molecule has 2 aromatic rings. The fraction of sp³-hybridized carbons (Fsp3) is 0.656. The Bertz CT molecular complexity index is 1360. The molecule has 2 aliphatic carbocycles. The summed E-state index contributed by atoms with van der Waals surface area (Å²) in [5.41, 5.74) is 1.54. The SMILES string of the molecule is COc1cccc2nc3c(nc12)O[C@@H]1C[C@@H](C(=O)O)N(C1)C(=O)[C@H](C1CCCC1)CC(=O)O[C@]1(C)C[C@H]1CCCCC3. The molecule has 1 N–H and O–H groups in total. The Morgan fingerprint density at radius 2 is 1.88 bits per heavy atom. The number of methoxy groups -OCH3 is 1. The van der Waals surface area contributed by atoms with Crippen LogP contribution in [-0.4, -0.2) is 69.2 Å². The van der Waals surface area contributed by atoms with Crippen LogP contribution in [0.15, 0.2) is 18.2 Å². The summed E-state index contributed by atoms with van der Waals surface area (Å²) >= 11 is 0. The Morgan fingerprint density at radius 3 is 2.64 bits per heavy atom. The molecule has 5 atom stereocenters. The summed E-state index contributed by atoms with van der Waals surface area (Å²) < 4.78 is 17.9. The number of rotatable bonds is 3. The third-order valence-corrected chi connectivity index (χ3v) is 9.86. The Kier molecular flexibility index (Phi) is 7.98. The average Bonchev–Trinajstić information content (AvgIpc) is 3.34. The maximum Gasteiger partial charge on any atom is 0.326 e. The number of fused-ring (bicyclic) bond motifs is 5. The zero-order valence-electron chi connectivity index (χ0n) is 24.5. The molecule has 1 amide bonds. The number of para-hydroxylation sites is 1. The maximum atomic E-state index is 14.1. The van der Waals surface area contributed by atoms with E-state index in [1.54, 1.807) is 7.11 Å². The summed E-state index contributed by atoms with van der Waals surface area (Å²) in [7, 11) is 1.58. The van der Waals surface area contributed by atoms with Crippen molar-refractivity contribution in [2.24, 2.45) is 17.8 Å². The van der Waals surface area contributed by atoms with Crippen LogP contribution in [0.1, 0.15) is 83.2 Å². The van der Waals surface area contributed by atoms with Gasteiger partial charge in [-0.2, -0.15) is 0 Å². The van der Waals surface area contributed by atoms with E-state index in [1.807, 2.05) is 25.1 Å². The van der Waals surface area contributed by atoms with Crippen molar-refractivity contribution in [2.75, 3.05) is 13.7 Å². The second-order valence-corrected chi connectivity index (χ2v) is 12.8. The van der Waals surface area contributed by atoms with Gasteiger partial charge in [0.2, 0.25) is 11.8 Å². The Balaban J connectivity index is 1.34. The van der Waals surface area contributed by atoms with Gasteiger partial charge in [-0.15, -0.1) is 0 Å². The number of esters is 1. The number of carbonyl (C=O) groups is 3. The first-order valence-corrected chi connectivity index (χ1v) is 15.5. The lowest BCUT2D eigenvalue weighted by Crippen LogP contribution is -2.46. The summed E-state index contributed by atoms with van der Waals surface area (Å²) in [6.07, 6.45) is 8.64. The van der Waals surface area contributed by atoms with Gasteiger partial charge >= 0.3 is 11.9 Å². The van der Waals surface area contributed by atoms with Crippen molar-refractivity contribution in [3.8, 4) is 11.6 Å². The second kappa shape index (κ2) is 11.7. The molecule has 2 aliphatic heterocycles. The van der Waals surface area contributed by atoms with E-state index in [1.165, 1.54) is 4.90 Å². The predicted molar refractivity (Wildman–Crippen MR) is 153 cm³/mol. The van der Waals surface area contributed by atoms with Crippen LogP contribution in [0, 0.1) is 17.8 Å². The van der Waals surface area contributed by atoms with Gasteiger partial charge < -0.3 is 24.2 Å². The first-order valence-electron chi connectivity index (χ1n) is 15.5. The van der Waals surface area contributed by atoms with E-state index in [0.717, 1.165) is 63.5 Å². The van der Waals surface area contributed by atoms with Crippen LogP contribution in [0.3, 0.4) is 0 Å². The molecule has 0 radical (unpaired) electrons. The summed E-state index contributed by atoms with van der Waals surface area (Å²) in [5.74, 6) is -1.01. The van der Waals surface area contributed by atoms with Crippen LogP contribution in [-0.2, 0) is 25.5 Å². The van der Waals surface area contributed by atoms with Gasteiger partial charge in [0.25, 0.3) is 0 Å². The average molecular weight is 580 g/mol. The molecule has 6 rings (SSSR count). The molecule has 42 heavy (non-hydrogen) atoms. The van der Waals surface area contributed by atoms with Crippen molar-refractivity contribution >= 4 is 28.9 Å². The lowest BCUT2D eigenvalue weighted by Gasteiger charge is -2.30. The number of hydrogen-bond donors (Lipinski definition) is 1. The van der Waals surface area contributed by atoms with Crippen molar-refractivity contribution < 1.29 is 33.7 Å². The fourth-order valence-corrected chi connectivity index (χ4v) is 7.35. The number of nitrogens with zero attached hydrogens (tertiary/aromatic N) is 3. The van der Waals surface area contributed by atoms with E-state index in [4.69, 9.17) is 24.2 Å². The first-order chi connectivity index (χ1) is 20.3. The summed E-state index contributed by atoms with van der Waals surface area (Å²) in [6.45, 7) is 2.10. The molecule has 10 nitrogen and oxygen atoms in total. The Morgan fingerprint density at radius 1 is 1.10 bits per heavy atom. The number of benzene rings is 1. The van der Waals surface area contributed by atoms with Crippen molar-refractivity contribution in [2.45, 2.75) is 102 Å². The van der Waals surface area contributed by atoms with E-state index in [2.05, 4.69) is 0 Å². The fourth-order valence-electron chi connectivity index (χ4n) is 7.35. The van der Waals surface area contributed by atoms with Crippen molar-refractivity contribution in [3.05, 3.63) is 23.9 Å². The number of carboxylic acids is 1. The number of aryl methyl sites for hydroxylation is 1.